The summed E-state index contributed by atoms with van der Waals surface area (Å²) in [6, 6.07) is 0. The monoisotopic (exact) mass is 390 g/mol. The van der Waals surface area contributed by atoms with Gasteiger partial charge in [-0.3, -0.25) is 0 Å². The Morgan fingerprint density at radius 2 is 1.53 bits per heavy atom. The van der Waals surface area contributed by atoms with Gasteiger partial charge in [0.15, 0.2) is 8.28 Å². The van der Waals surface area contributed by atoms with Crippen LogP contribution < -0.4 is 0 Å². The number of ether oxygens (including phenoxy) is 1. The minimum absolute atomic E-state index is 0.105. The quantitative estimate of drug-likeness (QED) is 0.297. The molecule has 0 rings (SSSR count). The van der Waals surface area contributed by atoms with Gasteiger partial charge in [-0.15, -0.1) is 0 Å². The van der Waals surface area contributed by atoms with Crippen molar-refractivity contribution in [3.8, 4) is 0 Å². The van der Waals surface area contributed by atoms with Crippen molar-refractivity contribution in [3.63, 3.8) is 0 Å². The molecule has 0 spiro atoms. The van der Waals surface area contributed by atoms with Crippen molar-refractivity contribution in [2.75, 3.05) is 0 Å². The Morgan fingerprint density at radius 3 is 1.76 bits per heavy atom. The van der Waals surface area contributed by atoms with Crippen LogP contribution in [0.15, 0.2) is 0 Å². The van der Waals surface area contributed by atoms with E-state index in [1.54, 1.807) is 6.92 Å². The Hall–Kier alpha value is 0.757. The van der Waals surface area contributed by atoms with Crippen LogP contribution in [0.1, 0.15) is 41.5 Å². The van der Waals surface area contributed by atoms with Gasteiger partial charge in [0.1, 0.15) is 0 Å². The summed E-state index contributed by atoms with van der Waals surface area (Å²) in [7, 11) is -2.49. The molecule has 1 unspecified atom stereocenters. The van der Waals surface area contributed by atoms with E-state index in [2.05, 4.69) is 22.6 Å². The third-order valence-electron chi connectivity index (χ3n) is 2.07. The summed E-state index contributed by atoms with van der Waals surface area (Å²) in [5, 5.41) is 0.514. The summed E-state index contributed by atoms with van der Waals surface area (Å²) >= 11 is 7.26. The van der Waals surface area contributed by atoms with Gasteiger partial charge in [-0.05, 0) is 76.0 Å². The zero-order valence-corrected chi connectivity index (χ0v) is 15.6. The van der Waals surface area contributed by atoms with Crippen LogP contribution in [-0.4, -0.2) is 29.1 Å². The van der Waals surface area contributed by atoms with Gasteiger partial charge in [-0.2, -0.15) is 0 Å². The average Bonchev–Trinajstić information content (AvgIpc) is 1.96. The molecule has 0 heterocycles. The van der Waals surface area contributed by atoms with Crippen molar-refractivity contribution >= 4 is 48.4 Å². The molecule has 6 heteroatoms. The van der Waals surface area contributed by atoms with Crippen molar-refractivity contribution in [3.05, 3.63) is 0 Å². The molecule has 17 heavy (non-hydrogen) atoms. The number of halogens is 1. The summed E-state index contributed by atoms with van der Waals surface area (Å²) < 4.78 is 17.3. The van der Waals surface area contributed by atoms with Gasteiger partial charge in [-0.1, -0.05) is 0 Å². The van der Waals surface area contributed by atoms with Gasteiger partial charge in [0.05, 0.1) is 0 Å². The zero-order valence-electron chi connectivity index (χ0n) is 11.7. The maximum absolute atomic E-state index is 6.04. The SMILES string of the molecule is CC(=S)OC(C)(I)[Si](C)(OC(C)C)OC(C)C. The van der Waals surface area contributed by atoms with E-state index in [0.717, 1.165) is 0 Å². The van der Waals surface area contributed by atoms with E-state index >= 15 is 0 Å². The van der Waals surface area contributed by atoms with E-state index in [4.69, 9.17) is 25.8 Å². The molecule has 3 nitrogen and oxygen atoms in total. The molecule has 0 saturated carbocycles. The number of hydrogen-bond donors (Lipinski definition) is 0. The minimum Gasteiger partial charge on any atom is -0.469 e. The molecule has 0 aliphatic heterocycles. The Bertz CT molecular complexity index is 259. The van der Waals surface area contributed by atoms with Crippen molar-refractivity contribution in [1.29, 1.82) is 0 Å². The molecule has 0 radical (unpaired) electrons. The first kappa shape index (κ1) is 17.8. The molecule has 0 bridgehead atoms. The van der Waals surface area contributed by atoms with Crippen LogP contribution in [-0.2, 0) is 13.6 Å². The van der Waals surface area contributed by atoms with Crippen LogP contribution in [0.4, 0.5) is 0 Å². The lowest BCUT2D eigenvalue weighted by atomic mass is 10.5. The third kappa shape index (κ3) is 5.95. The highest BCUT2D eigenvalue weighted by molar-refractivity contribution is 14.1. The second kappa shape index (κ2) is 6.79. The highest BCUT2D eigenvalue weighted by atomic mass is 127. The van der Waals surface area contributed by atoms with Gasteiger partial charge in [0, 0.05) is 19.1 Å². The summed E-state index contributed by atoms with van der Waals surface area (Å²) in [5.74, 6) is 0. The first-order chi connectivity index (χ1) is 7.50. The predicted octanol–water partition coefficient (Wildman–Crippen LogP) is 3.96. The standard InChI is InChI=1S/C11H23IO3SSi/c1-8(2)14-17(7,15-9(3)4)11(6,12)13-10(5)16/h8-9H,1-7H3. The number of alkyl halides is 1. The van der Waals surface area contributed by atoms with Crippen LogP contribution >= 0.6 is 34.8 Å². The van der Waals surface area contributed by atoms with E-state index in [9.17, 15) is 0 Å². The van der Waals surface area contributed by atoms with Gasteiger partial charge >= 0.3 is 8.56 Å². The Morgan fingerprint density at radius 1 is 1.18 bits per heavy atom. The summed E-state index contributed by atoms with van der Waals surface area (Å²) in [5.41, 5.74) is 0. The largest absolute Gasteiger partial charge is 0.469 e. The molecule has 0 N–H and O–H groups in total. The second-order valence-electron chi connectivity index (χ2n) is 4.79. The minimum atomic E-state index is -2.49. The summed E-state index contributed by atoms with van der Waals surface area (Å²) in [6.45, 7) is 13.8. The molecule has 102 valence electrons. The highest BCUT2D eigenvalue weighted by Gasteiger charge is 2.53. The lowest BCUT2D eigenvalue weighted by molar-refractivity contribution is 0.0691. The van der Waals surface area contributed by atoms with Gasteiger partial charge in [-0.25, -0.2) is 0 Å². The first-order valence-electron chi connectivity index (χ1n) is 5.74. The van der Waals surface area contributed by atoms with Crippen molar-refractivity contribution in [2.45, 2.75) is 63.5 Å². The fourth-order valence-corrected chi connectivity index (χ4v) is 5.60. The fourth-order valence-electron chi connectivity index (χ4n) is 1.50. The molecular weight excluding hydrogens is 367 g/mol. The van der Waals surface area contributed by atoms with Crippen LogP contribution in [0.3, 0.4) is 0 Å². The van der Waals surface area contributed by atoms with Crippen molar-refractivity contribution in [2.24, 2.45) is 0 Å². The molecular formula is C11H23IO3SSi. The topological polar surface area (TPSA) is 27.7 Å². The van der Waals surface area contributed by atoms with Gasteiger partial charge in [0.25, 0.3) is 0 Å². The van der Waals surface area contributed by atoms with E-state index in [-0.39, 0.29) is 12.2 Å². The lowest BCUT2D eigenvalue weighted by Gasteiger charge is -2.40. The zero-order chi connectivity index (χ0) is 13.9. The van der Waals surface area contributed by atoms with Crippen molar-refractivity contribution in [1.82, 2.24) is 0 Å². The fraction of sp³-hybridized carbons (Fsp3) is 0.909. The van der Waals surface area contributed by atoms with E-state index < -0.39 is 11.8 Å². The maximum atomic E-state index is 6.04. The molecule has 0 aliphatic carbocycles. The summed E-state index contributed by atoms with van der Waals surface area (Å²) in [4.78, 5) is 0. The average molecular weight is 390 g/mol. The van der Waals surface area contributed by atoms with Crippen LogP contribution in [0.5, 0.6) is 0 Å². The molecule has 0 amide bonds. The Kier molecular flexibility index (Phi) is 7.09. The normalized spacial score (nSPS) is 16.1. The highest BCUT2D eigenvalue weighted by Crippen LogP contribution is 2.35. The first-order valence-corrected chi connectivity index (χ1v) is 9.54. The van der Waals surface area contributed by atoms with E-state index in [1.807, 2.05) is 41.2 Å². The molecule has 0 aromatic heterocycles. The van der Waals surface area contributed by atoms with Gasteiger partial charge in [0.2, 0.25) is 0 Å². The van der Waals surface area contributed by atoms with E-state index in [1.165, 1.54) is 0 Å². The molecule has 0 aromatic carbocycles. The lowest BCUT2D eigenvalue weighted by Crippen LogP contribution is -2.59. The number of thiocarbonyl (C=S) groups is 1. The van der Waals surface area contributed by atoms with Crippen LogP contribution in [0.2, 0.25) is 6.55 Å². The van der Waals surface area contributed by atoms with E-state index in [0.29, 0.717) is 5.05 Å². The smallest absolute Gasteiger partial charge is 0.391 e. The second-order valence-corrected chi connectivity index (χ2v) is 11.8. The predicted molar refractivity (Wildman–Crippen MR) is 85.8 cm³/mol. The van der Waals surface area contributed by atoms with Crippen molar-refractivity contribution < 1.29 is 13.6 Å². The molecule has 0 fully saturated rings. The molecule has 0 saturated heterocycles. The maximum Gasteiger partial charge on any atom is 0.391 e. The Labute approximate surface area is 125 Å². The Balaban J connectivity index is 5.06. The van der Waals surface area contributed by atoms with Crippen LogP contribution in [0.25, 0.3) is 0 Å². The molecule has 0 aromatic rings. The molecule has 1 atom stereocenters. The number of hydrogen-bond acceptors (Lipinski definition) is 4. The number of rotatable bonds is 6. The third-order valence-corrected chi connectivity index (χ3v) is 8.88. The molecule has 0 aliphatic rings. The van der Waals surface area contributed by atoms with Crippen LogP contribution in [0, 0.1) is 0 Å². The summed E-state index contributed by atoms with van der Waals surface area (Å²) in [6.07, 6.45) is 0.210. The van der Waals surface area contributed by atoms with Gasteiger partial charge < -0.3 is 13.6 Å².